The van der Waals surface area contributed by atoms with Crippen molar-refractivity contribution >= 4 is 11.3 Å². The van der Waals surface area contributed by atoms with Crippen molar-refractivity contribution in [3.8, 4) is 0 Å². The molecular formula is C13H22N2S. The molecule has 0 fully saturated rings. The van der Waals surface area contributed by atoms with Gasteiger partial charge in [0.15, 0.2) is 0 Å². The van der Waals surface area contributed by atoms with E-state index in [0.29, 0.717) is 18.0 Å². The Hall–Kier alpha value is -0.380. The first-order valence-electron chi connectivity index (χ1n) is 6.17. The molecule has 0 saturated heterocycles. The fourth-order valence-corrected chi connectivity index (χ4v) is 3.57. The van der Waals surface area contributed by atoms with Crippen LogP contribution in [0.5, 0.6) is 0 Å². The summed E-state index contributed by atoms with van der Waals surface area (Å²) in [6, 6.07) is 3.42. The van der Waals surface area contributed by atoms with Crippen molar-refractivity contribution < 1.29 is 0 Å². The van der Waals surface area contributed by atoms with Crippen molar-refractivity contribution in [1.29, 1.82) is 0 Å². The highest BCUT2D eigenvalue weighted by molar-refractivity contribution is 7.10. The Morgan fingerprint density at radius 3 is 3.00 bits per heavy atom. The molecule has 0 radical (unpaired) electrons. The van der Waals surface area contributed by atoms with E-state index in [1.54, 1.807) is 4.88 Å². The summed E-state index contributed by atoms with van der Waals surface area (Å²) in [4.78, 5) is 4.18. The van der Waals surface area contributed by atoms with Crippen molar-refractivity contribution in [3.63, 3.8) is 0 Å². The average molecular weight is 238 g/mol. The van der Waals surface area contributed by atoms with Gasteiger partial charge in [-0.1, -0.05) is 6.92 Å². The number of thiophene rings is 1. The topological polar surface area (TPSA) is 29.3 Å². The molecule has 3 atom stereocenters. The van der Waals surface area contributed by atoms with Crippen LogP contribution in [0.1, 0.15) is 37.3 Å². The number of rotatable bonds is 3. The molecule has 3 heteroatoms. The second kappa shape index (κ2) is 4.86. The Morgan fingerprint density at radius 1 is 1.56 bits per heavy atom. The normalized spacial score (nSPS) is 25.1. The van der Waals surface area contributed by atoms with Gasteiger partial charge in [0.05, 0.1) is 0 Å². The second-order valence-corrected chi connectivity index (χ2v) is 5.92. The van der Waals surface area contributed by atoms with Gasteiger partial charge in [-0.3, -0.25) is 4.90 Å². The van der Waals surface area contributed by atoms with E-state index in [1.165, 1.54) is 18.5 Å². The Bertz CT molecular complexity index is 347. The predicted octanol–water partition coefficient (Wildman–Crippen LogP) is 2.65. The predicted molar refractivity (Wildman–Crippen MR) is 70.8 cm³/mol. The molecule has 1 aliphatic heterocycles. The summed E-state index contributed by atoms with van der Waals surface area (Å²) in [5, 5.41) is 2.22. The Kier molecular flexibility index (Phi) is 3.67. The Balaban J connectivity index is 2.15. The molecule has 0 bridgehead atoms. The van der Waals surface area contributed by atoms with Gasteiger partial charge in [-0.15, -0.1) is 11.3 Å². The zero-order valence-corrected chi connectivity index (χ0v) is 11.3. The van der Waals surface area contributed by atoms with Crippen LogP contribution >= 0.6 is 11.3 Å². The maximum absolute atomic E-state index is 5.78. The van der Waals surface area contributed by atoms with Crippen LogP contribution in [-0.2, 0) is 6.42 Å². The maximum Gasteiger partial charge on any atom is 0.0333 e. The van der Waals surface area contributed by atoms with Gasteiger partial charge in [-0.2, -0.15) is 0 Å². The first-order chi connectivity index (χ1) is 7.65. The van der Waals surface area contributed by atoms with E-state index in [1.807, 2.05) is 11.3 Å². The quantitative estimate of drug-likeness (QED) is 0.877. The average Bonchev–Trinajstić information content (AvgIpc) is 2.76. The molecule has 0 amide bonds. The maximum atomic E-state index is 5.78. The zero-order valence-electron chi connectivity index (χ0n) is 10.4. The molecule has 0 aromatic carbocycles. The minimum Gasteiger partial charge on any atom is -0.330 e. The Labute approximate surface area is 102 Å². The third-order valence-corrected chi connectivity index (χ3v) is 5.04. The summed E-state index contributed by atoms with van der Waals surface area (Å²) < 4.78 is 0. The molecule has 0 spiro atoms. The van der Waals surface area contributed by atoms with Gasteiger partial charge >= 0.3 is 0 Å². The van der Waals surface area contributed by atoms with Crippen LogP contribution in [0.3, 0.4) is 0 Å². The minimum absolute atomic E-state index is 0.555. The molecule has 90 valence electrons. The van der Waals surface area contributed by atoms with Crippen LogP contribution in [0.4, 0.5) is 0 Å². The lowest BCUT2D eigenvalue weighted by Gasteiger charge is -2.40. The first-order valence-corrected chi connectivity index (χ1v) is 7.05. The van der Waals surface area contributed by atoms with Crippen molar-refractivity contribution in [3.05, 3.63) is 21.9 Å². The van der Waals surface area contributed by atoms with Gasteiger partial charge in [-0.05, 0) is 49.7 Å². The van der Waals surface area contributed by atoms with E-state index in [9.17, 15) is 0 Å². The molecule has 2 heterocycles. The lowest BCUT2D eigenvalue weighted by atomic mass is 9.94. The first kappa shape index (κ1) is 12.1. The van der Waals surface area contributed by atoms with Crippen molar-refractivity contribution in [2.75, 3.05) is 13.1 Å². The van der Waals surface area contributed by atoms with E-state index in [2.05, 4.69) is 37.1 Å². The van der Waals surface area contributed by atoms with E-state index in [4.69, 9.17) is 5.73 Å². The van der Waals surface area contributed by atoms with Crippen LogP contribution in [0.15, 0.2) is 11.4 Å². The number of nitrogens with zero attached hydrogens (tertiary/aromatic N) is 1. The highest BCUT2D eigenvalue weighted by atomic mass is 32.1. The van der Waals surface area contributed by atoms with E-state index >= 15 is 0 Å². The fourth-order valence-electron chi connectivity index (χ4n) is 2.61. The summed E-state index contributed by atoms with van der Waals surface area (Å²) in [6.45, 7) is 8.84. The second-order valence-electron chi connectivity index (χ2n) is 4.92. The van der Waals surface area contributed by atoms with Gasteiger partial charge in [0.1, 0.15) is 0 Å². The molecule has 16 heavy (non-hydrogen) atoms. The highest BCUT2D eigenvalue weighted by Gasteiger charge is 2.29. The highest BCUT2D eigenvalue weighted by Crippen LogP contribution is 2.34. The fraction of sp³-hybridized carbons (Fsp3) is 0.692. The van der Waals surface area contributed by atoms with Crippen molar-refractivity contribution in [2.45, 2.75) is 39.3 Å². The van der Waals surface area contributed by atoms with Crippen LogP contribution in [0.25, 0.3) is 0 Å². The number of hydrogen-bond acceptors (Lipinski definition) is 3. The van der Waals surface area contributed by atoms with Crippen molar-refractivity contribution in [2.24, 2.45) is 11.7 Å². The number of nitrogens with two attached hydrogens (primary N) is 1. The Morgan fingerprint density at radius 2 is 2.31 bits per heavy atom. The molecule has 2 N–H and O–H groups in total. The summed E-state index contributed by atoms with van der Waals surface area (Å²) in [5.74, 6) is 0.572. The molecule has 2 nitrogen and oxygen atoms in total. The molecule has 0 saturated carbocycles. The van der Waals surface area contributed by atoms with Crippen LogP contribution in [0, 0.1) is 5.92 Å². The summed E-state index contributed by atoms with van der Waals surface area (Å²) >= 11 is 1.91. The monoisotopic (exact) mass is 238 g/mol. The van der Waals surface area contributed by atoms with Gasteiger partial charge in [0.25, 0.3) is 0 Å². The molecule has 2 rings (SSSR count). The number of hydrogen-bond donors (Lipinski definition) is 1. The largest absolute Gasteiger partial charge is 0.330 e. The van der Waals surface area contributed by atoms with Crippen LogP contribution < -0.4 is 5.73 Å². The summed E-state index contributed by atoms with van der Waals surface area (Å²) in [5.41, 5.74) is 7.31. The van der Waals surface area contributed by atoms with Crippen LogP contribution in [0.2, 0.25) is 0 Å². The third-order valence-electron chi connectivity index (χ3n) is 4.04. The third kappa shape index (κ3) is 2.04. The SMILES string of the molecule is CC(CN)C(C)N1CCc2sccc2C1C. The molecule has 1 aromatic rings. The van der Waals surface area contributed by atoms with E-state index in [-0.39, 0.29) is 0 Å². The van der Waals surface area contributed by atoms with E-state index < -0.39 is 0 Å². The molecule has 3 unspecified atom stereocenters. The van der Waals surface area contributed by atoms with Crippen molar-refractivity contribution in [1.82, 2.24) is 4.90 Å². The molecular weight excluding hydrogens is 216 g/mol. The van der Waals surface area contributed by atoms with Gasteiger partial charge in [-0.25, -0.2) is 0 Å². The molecule has 0 aliphatic carbocycles. The smallest absolute Gasteiger partial charge is 0.0333 e. The molecule has 1 aliphatic rings. The van der Waals surface area contributed by atoms with E-state index in [0.717, 1.165) is 6.54 Å². The summed E-state index contributed by atoms with van der Waals surface area (Å²) in [6.07, 6.45) is 1.21. The number of fused-ring (bicyclic) bond motifs is 1. The van der Waals surface area contributed by atoms with Gasteiger partial charge < -0.3 is 5.73 Å². The minimum atomic E-state index is 0.555. The lowest BCUT2D eigenvalue weighted by Crippen LogP contribution is -2.44. The summed E-state index contributed by atoms with van der Waals surface area (Å²) in [7, 11) is 0. The van der Waals surface area contributed by atoms with Gasteiger partial charge in [0.2, 0.25) is 0 Å². The zero-order chi connectivity index (χ0) is 11.7. The standard InChI is InChI=1S/C13H22N2S/c1-9(8-14)10(2)15-6-4-13-12(11(15)3)5-7-16-13/h5,7,9-11H,4,6,8,14H2,1-3H3. The lowest BCUT2D eigenvalue weighted by molar-refractivity contribution is 0.111. The van der Waals surface area contributed by atoms with Crippen LogP contribution in [-0.4, -0.2) is 24.0 Å². The molecule has 1 aromatic heterocycles. The van der Waals surface area contributed by atoms with Gasteiger partial charge in [0, 0.05) is 23.5 Å².